The van der Waals surface area contributed by atoms with E-state index in [1.54, 1.807) is 24.0 Å². The molecule has 2 fully saturated rings. The molecule has 11 nitrogen and oxygen atoms in total. The highest BCUT2D eigenvalue weighted by Gasteiger charge is 2.38. The molecule has 0 aliphatic carbocycles. The van der Waals surface area contributed by atoms with E-state index >= 15 is 0 Å². The van der Waals surface area contributed by atoms with Crippen LogP contribution in [-0.4, -0.2) is 79.2 Å². The number of likely N-dealkylation sites (tertiary alicyclic amines) is 2. The van der Waals surface area contributed by atoms with Crippen LogP contribution in [0.15, 0.2) is 46.4 Å². The van der Waals surface area contributed by atoms with E-state index in [9.17, 15) is 14.7 Å². The first-order chi connectivity index (χ1) is 18.7. The first-order valence-electron chi connectivity index (χ1n) is 13.1. The van der Waals surface area contributed by atoms with Crippen molar-refractivity contribution >= 4 is 29.5 Å². The summed E-state index contributed by atoms with van der Waals surface area (Å²) in [4.78, 5) is 35.1. The molecule has 3 atom stereocenters. The molecule has 0 radical (unpaired) electrons. The molecule has 0 spiro atoms. The van der Waals surface area contributed by atoms with Gasteiger partial charge in [0.05, 0.1) is 17.9 Å². The average Bonchev–Trinajstić information content (AvgIpc) is 3.67. The standard InChI is InChI=1S/C27H33N7O4S/c1-16-13-38-14-22(16)25(36)34-26(39-15-18-5-7-19(8-6-18)23(28)29)30-24(31-34)21-4-3-10-33(17(21)2)27(37)32-11-9-20(35)12-32/h5-8,13-14,17,20-21,35H,3-4,9-12,15H2,1-2H3,(H3,28,29). The number of β-amino-alcohol motifs (C(OH)–C–C–N with tert-alkyl or cyclic N) is 1. The van der Waals surface area contributed by atoms with Gasteiger partial charge in [-0.05, 0) is 38.7 Å². The number of piperidine rings is 1. The molecule has 39 heavy (non-hydrogen) atoms. The number of aliphatic hydroxyl groups excluding tert-OH is 1. The van der Waals surface area contributed by atoms with Crippen LogP contribution >= 0.6 is 11.8 Å². The van der Waals surface area contributed by atoms with Crippen molar-refractivity contribution in [1.29, 1.82) is 5.41 Å². The Balaban J connectivity index is 1.40. The molecule has 206 valence electrons. The number of nitrogens with zero attached hydrogens (tertiary/aromatic N) is 5. The minimum absolute atomic E-state index is 0.00898. The molecule has 3 aromatic rings. The summed E-state index contributed by atoms with van der Waals surface area (Å²) in [6, 6.07) is 7.15. The van der Waals surface area contributed by atoms with Crippen molar-refractivity contribution in [3.05, 3.63) is 64.9 Å². The first-order valence-corrected chi connectivity index (χ1v) is 14.1. The van der Waals surface area contributed by atoms with Crippen LogP contribution in [-0.2, 0) is 5.75 Å². The van der Waals surface area contributed by atoms with Gasteiger partial charge in [0.15, 0.2) is 11.0 Å². The number of aliphatic hydroxyl groups is 1. The first kappa shape index (κ1) is 26.9. The number of nitrogens with one attached hydrogen (secondary N) is 1. The van der Waals surface area contributed by atoms with Crippen molar-refractivity contribution < 1.29 is 19.1 Å². The van der Waals surface area contributed by atoms with E-state index in [1.807, 2.05) is 24.0 Å². The van der Waals surface area contributed by atoms with E-state index in [-0.39, 0.29) is 29.7 Å². The summed E-state index contributed by atoms with van der Waals surface area (Å²) in [6.07, 6.45) is 4.66. The van der Waals surface area contributed by atoms with Gasteiger partial charge >= 0.3 is 6.03 Å². The van der Waals surface area contributed by atoms with Crippen molar-refractivity contribution in [3.8, 4) is 0 Å². The fourth-order valence-electron chi connectivity index (χ4n) is 5.17. The number of carbonyl (C=O) groups is 2. The molecule has 5 rings (SSSR count). The summed E-state index contributed by atoms with van der Waals surface area (Å²) in [5.74, 6) is 0.622. The zero-order valence-electron chi connectivity index (χ0n) is 22.0. The van der Waals surface area contributed by atoms with E-state index < -0.39 is 6.10 Å². The molecule has 1 aromatic carbocycles. The van der Waals surface area contributed by atoms with Gasteiger partial charge in [0, 0.05) is 48.5 Å². The number of amides is 2. The van der Waals surface area contributed by atoms with E-state index in [0.717, 1.165) is 18.4 Å². The number of amidine groups is 1. The molecule has 3 unspecified atom stereocenters. The number of aromatic nitrogens is 3. The Kier molecular flexibility index (Phi) is 7.76. The number of furan rings is 1. The average molecular weight is 552 g/mol. The lowest BCUT2D eigenvalue weighted by molar-refractivity contribution is 0.0928. The van der Waals surface area contributed by atoms with Gasteiger partial charge in [0.25, 0.3) is 5.91 Å². The zero-order chi connectivity index (χ0) is 27.7. The SMILES string of the molecule is Cc1cocc1C(=O)n1nc(C2CCCN(C(=O)N3CCC(O)C3)C2C)nc1SCc1ccc(C(=N)N)cc1. The smallest absolute Gasteiger partial charge is 0.320 e. The highest BCUT2D eigenvalue weighted by atomic mass is 32.2. The number of benzene rings is 1. The maximum absolute atomic E-state index is 13.5. The van der Waals surface area contributed by atoms with Crippen LogP contribution in [0.5, 0.6) is 0 Å². The molecular formula is C27H33N7O4S. The number of nitrogens with two attached hydrogens (primary N) is 1. The Morgan fingerprint density at radius 1 is 1.21 bits per heavy atom. The molecule has 2 aliphatic heterocycles. The number of urea groups is 1. The predicted octanol–water partition coefficient (Wildman–Crippen LogP) is 3.20. The van der Waals surface area contributed by atoms with Gasteiger partial charge in [-0.25, -0.2) is 9.78 Å². The number of aryl methyl sites for hydroxylation is 1. The Morgan fingerprint density at radius 2 is 1.97 bits per heavy atom. The molecule has 2 aliphatic rings. The second-order valence-electron chi connectivity index (χ2n) is 10.2. The minimum atomic E-state index is -0.474. The summed E-state index contributed by atoms with van der Waals surface area (Å²) in [5, 5.41) is 22.6. The van der Waals surface area contributed by atoms with Crippen molar-refractivity contribution in [2.75, 3.05) is 19.6 Å². The zero-order valence-corrected chi connectivity index (χ0v) is 22.9. The van der Waals surface area contributed by atoms with Crippen molar-refractivity contribution in [2.45, 2.75) is 62.1 Å². The van der Waals surface area contributed by atoms with Crippen LogP contribution < -0.4 is 5.73 Å². The largest absolute Gasteiger partial charge is 0.471 e. The lowest BCUT2D eigenvalue weighted by atomic mass is 9.90. The number of hydrogen-bond acceptors (Lipinski definition) is 8. The molecule has 2 amide bonds. The van der Waals surface area contributed by atoms with Gasteiger partial charge in [-0.1, -0.05) is 36.0 Å². The quantitative estimate of drug-likeness (QED) is 0.240. The lowest BCUT2D eigenvalue weighted by Crippen LogP contribution is -2.51. The van der Waals surface area contributed by atoms with Crippen LogP contribution in [0.3, 0.4) is 0 Å². The highest BCUT2D eigenvalue weighted by molar-refractivity contribution is 7.98. The Bertz CT molecular complexity index is 1370. The summed E-state index contributed by atoms with van der Waals surface area (Å²) >= 11 is 1.40. The Hall–Kier alpha value is -3.64. The van der Waals surface area contributed by atoms with Crippen LogP contribution in [0, 0.1) is 12.3 Å². The third-order valence-electron chi connectivity index (χ3n) is 7.50. The molecule has 4 N–H and O–H groups in total. The van der Waals surface area contributed by atoms with Crippen LogP contribution in [0.4, 0.5) is 4.79 Å². The normalized spacial score (nSPS) is 21.4. The van der Waals surface area contributed by atoms with E-state index in [1.165, 1.54) is 29.0 Å². The summed E-state index contributed by atoms with van der Waals surface area (Å²) in [6.45, 7) is 5.34. The van der Waals surface area contributed by atoms with Crippen LogP contribution in [0.1, 0.15) is 65.0 Å². The second kappa shape index (κ2) is 11.2. The second-order valence-corrected chi connectivity index (χ2v) is 11.1. The van der Waals surface area contributed by atoms with Gasteiger partial charge in [-0.2, -0.15) is 4.68 Å². The molecule has 2 aromatic heterocycles. The van der Waals surface area contributed by atoms with Crippen LogP contribution in [0.2, 0.25) is 0 Å². The number of rotatable bonds is 6. The fraction of sp³-hybridized carbons (Fsp3) is 0.444. The molecule has 2 saturated heterocycles. The Morgan fingerprint density at radius 3 is 2.62 bits per heavy atom. The maximum Gasteiger partial charge on any atom is 0.320 e. The van der Waals surface area contributed by atoms with Gasteiger partial charge < -0.3 is 25.1 Å². The number of nitrogen functional groups attached to an aromatic ring is 1. The summed E-state index contributed by atoms with van der Waals surface area (Å²) in [5.41, 5.74) is 8.33. The maximum atomic E-state index is 13.5. The van der Waals surface area contributed by atoms with Crippen molar-refractivity contribution in [2.24, 2.45) is 5.73 Å². The van der Waals surface area contributed by atoms with Gasteiger partial charge in [0.2, 0.25) is 0 Å². The van der Waals surface area contributed by atoms with E-state index in [2.05, 4.69) is 0 Å². The topological polar surface area (TPSA) is 155 Å². The van der Waals surface area contributed by atoms with Crippen molar-refractivity contribution in [1.82, 2.24) is 24.6 Å². The van der Waals surface area contributed by atoms with Crippen molar-refractivity contribution in [3.63, 3.8) is 0 Å². The molecule has 4 heterocycles. The summed E-state index contributed by atoms with van der Waals surface area (Å²) < 4.78 is 6.58. The van der Waals surface area contributed by atoms with Gasteiger partial charge in [-0.3, -0.25) is 10.2 Å². The molecular weight excluding hydrogens is 518 g/mol. The highest BCUT2D eigenvalue weighted by Crippen LogP contribution is 2.34. The third-order valence-corrected chi connectivity index (χ3v) is 8.50. The monoisotopic (exact) mass is 551 g/mol. The number of thioether (sulfide) groups is 1. The third kappa shape index (κ3) is 5.57. The number of hydrogen-bond donors (Lipinski definition) is 3. The predicted molar refractivity (Wildman–Crippen MR) is 146 cm³/mol. The fourth-order valence-corrected chi connectivity index (χ4v) is 6.07. The summed E-state index contributed by atoms with van der Waals surface area (Å²) in [7, 11) is 0. The van der Waals surface area contributed by atoms with Gasteiger partial charge in [-0.15, -0.1) is 5.10 Å². The van der Waals surface area contributed by atoms with E-state index in [4.69, 9.17) is 25.6 Å². The van der Waals surface area contributed by atoms with Gasteiger partial charge in [0.1, 0.15) is 12.1 Å². The molecule has 12 heteroatoms. The van der Waals surface area contributed by atoms with Crippen LogP contribution in [0.25, 0.3) is 0 Å². The number of carbonyl (C=O) groups excluding carboxylic acids is 2. The lowest BCUT2D eigenvalue weighted by Gasteiger charge is -2.40. The molecule has 0 saturated carbocycles. The Labute approximate surface area is 230 Å². The molecule has 0 bridgehead atoms. The van der Waals surface area contributed by atoms with E-state index in [0.29, 0.717) is 59.5 Å². The minimum Gasteiger partial charge on any atom is -0.471 e.